The average Bonchev–Trinajstić information content (AvgIpc) is 2.87. The minimum Gasteiger partial charge on any atom is -0.335 e. The van der Waals surface area contributed by atoms with Crippen molar-refractivity contribution in [1.82, 2.24) is 20.0 Å². The predicted octanol–water partition coefficient (Wildman–Crippen LogP) is 3.20. The lowest BCUT2D eigenvalue weighted by Gasteiger charge is -2.34. The molecule has 5 nitrogen and oxygen atoms in total. The summed E-state index contributed by atoms with van der Waals surface area (Å²) in [5, 5.41) is 6.83. The molecule has 1 saturated heterocycles. The van der Waals surface area contributed by atoms with Crippen LogP contribution in [0.4, 0.5) is 0 Å². The summed E-state index contributed by atoms with van der Waals surface area (Å²) in [7, 11) is 0. The van der Waals surface area contributed by atoms with E-state index in [4.69, 9.17) is 0 Å². The smallest absolute Gasteiger partial charge is 0.275 e. The highest BCUT2D eigenvalue weighted by molar-refractivity contribution is 9.13. The highest BCUT2D eigenvalue weighted by atomic mass is 79.9. The van der Waals surface area contributed by atoms with Gasteiger partial charge in [0, 0.05) is 32.7 Å². The molecule has 0 atom stereocenters. The first-order valence-corrected chi connectivity index (χ1v) is 9.09. The van der Waals surface area contributed by atoms with Gasteiger partial charge in [0.2, 0.25) is 0 Å². The van der Waals surface area contributed by atoms with Crippen LogP contribution in [0, 0.1) is 6.92 Å². The number of amides is 1. The molecule has 1 fully saturated rings. The summed E-state index contributed by atoms with van der Waals surface area (Å²) in [4.78, 5) is 16.8. The summed E-state index contributed by atoms with van der Waals surface area (Å²) < 4.78 is 1.38. The fourth-order valence-corrected chi connectivity index (χ4v) is 3.40. The van der Waals surface area contributed by atoms with Crippen molar-refractivity contribution in [2.45, 2.75) is 13.5 Å². The molecule has 7 heteroatoms. The van der Waals surface area contributed by atoms with Crippen LogP contribution in [0.5, 0.6) is 0 Å². The number of halogens is 2. The van der Waals surface area contributed by atoms with Gasteiger partial charge in [0.1, 0.15) is 4.60 Å². The highest BCUT2D eigenvalue weighted by Gasteiger charge is 2.26. The summed E-state index contributed by atoms with van der Waals surface area (Å²) in [6.07, 6.45) is 0. The lowest BCUT2D eigenvalue weighted by molar-refractivity contribution is 0.0622. The second-order valence-electron chi connectivity index (χ2n) is 5.76. The Balaban J connectivity index is 1.58. The van der Waals surface area contributed by atoms with Crippen LogP contribution in [0.2, 0.25) is 0 Å². The van der Waals surface area contributed by atoms with Crippen molar-refractivity contribution in [2.24, 2.45) is 0 Å². The fourth-order valence-electron chi connectivity index (χ4n) is 2.78. The Morgan fingerprint density at radius 1 is 1.26 bits per heavy atom. The SMILES string of the molecule is Cc1cccc(CN2CCN(C(=O)c3n[nH]c(Br)c3Br)CC2)c1. The first kappa shape index (κ1) is 16.7. The number of aryl methyl sites for hydroxylation is 1. The number of hydrogen-bond donors (Lipinski definition) is 1. The third kappa shape index (κ3) is 3.84. The van der Waals surface area contributed by atoms with Crippen LogP contribution >= 0.6 is 31.9 Å². The molecule has 1 aliphatic rings. The lowest BCUT2D eigenvalue weighted by Crippen LogP contribution is -2.48. The van der Waals surface area contributed by atoms with E-state index in [9.17, 15) is 4.79 Å². The number of nitrogens with one attached hydrogen (secondary N) is 1. The maximum atomic E-state index is 12.5. The van der Waals surface area contributed by atoms with E-state index in [0.29, 0.717) is 14.8 Å². The average molecular weight is 442 g/mol. The number of aromatic amines is 1. The number of benzene rings is 1. The van der Waals surface area contributed by atoms with Gasteiger partial charge >= 0.3 is 0 Å². The lowest BCUT2D eigenvalue weighted by atomic mass is 10.1. The Morgan fingerprint density at radius 2 is 2.00 bits per heavy atom. The third-order valence-corrected chi connectivity index (χ3v) is 5.90. The minimum atomic E-state index is -0.0333. The Morgan fingerprint density at radius 3 is 2.61 bits per heavy atom. The van der Waals surface area contributed by atoms with E-state index in [2.05, 4.69) is 78.1 Å². The Hall–Kier alpha value is -1.18. The van der Waals surface area contributed by atoms with Crippen LogP contribution in [-0.4, -0.2) is 52.1 Å². The van der Waals surface area contributed by atoms with Crippen LogP contribution in [0.15, 0.2) is 33.3 Å². The van der Waals surface area contributed by atoms with E-state index in [-0.39, 0.29) is 5.91 Å². The van der Waals surface area contributed by atoms with Gasteiger partial charge in [0.15, 0.2) is 5.69 Å². The standard InChI is InChI=1S/C16H18Br2N4O/c1-11-3-2-4-12(9-11)10-21-5-7-22(8-6-21)16(23)14-13(17)15(18)20-19-14/h2-4,9H,5-8,10H2,1H3,(H,19,20). The summed E-state index contributed by atoms with van der Waals surface area (Å²) in [6.45, 7) is 6.25. The first-order valence-electron chi connectivity index (χ1n) is 7.51. The Labute approximate surface area is 152 Å². The molecule has 122 valence electrons. The van der Waals surface area contributed by atoms with E-state index in [0.717, 1.165) is 32.7 Å². The van der Waals surface area contributed by atoms with E-state index in [1.807, 2.05) is 4.90 Å². The van der Waals surface area contributed by atoms with Gasteiger partial charge in [-0.3, -0.25) is 14.8 Å². The largest absolute Gasteiger partial charge is 0.335 e. The number of piperazine rings is 1. The Kier molecular flexibility index (Phi) is 5.18. The predicted molar refractivity (Wildman–Crippen MR) is 96.3 cm³/mol. The number of carbonyl (C=O) groups is 1. The molecule has 2 aromatic rings. The van der Waals surface area contributed by atoms with Crippen molar-refractivity contribution in [3.8, 4) is 0 Å². The van der Waals surface area contributed by atoms with Crippen molar-refractivity contribution in [2.75, 3.05) is 26.2 Å². The number of rotatable bonds is 3. The van der Waals surface area contributed by atoms with Crippen LogP contribution in [0.25, 0.3) is 0 Å². The molecule has 0 bridgehead atoms. The molecule has 1 aromatic carbocycles. The van der Waals surface area contributed by atoms with Gasteiger partial charge in [0.25, 0.3) is 5.91 Å². The number of hydrogen-bond acceptors (Lipinski definition) is 3. The van der Waals surface area contributed by atoms with Gasteiger partial charge in [-0.25, -0.2) is 0 Å². The van der Waals surface area contributed by atoms with Crippen molar-refractivity contribution in [3.63, 3.8) is 0 Å². The number of H-pyrrole nitrogens is 1. The zero-order chi connectivity index (χ0) is 16.4. The zero-order valence-electron chi connectivity index (χ0n) is 12.9. The molecule has 0 aliphatic carbocycles. The van der Waals surface area contributed by atoms with Crippen LogP contribution in [0.1, 0.15) is 21.6 Å². The van der Waals surface area contributed by atoms with E-state index in [1.54, 1.807) is 0 Å². The van der Waals surface area contributed by atoms with Gasteiger partial charge in [0.05, 0.1) is 4.47 Å². The summed E-state index contributed by atoms with van der Waals surface area (Å²) >= 11 is 6.70. The first-order chi connectivity index (χ1) is 11.0. The topological polar surface area (TPSA) is 52.2 Å². The van der Waals surface area contributed by atoms with Crippen molar-refractivity contribution in [3.05, 3.63) is 50.2 Å². The third-order valence-electron chi connectivity index (χ3n) is 4.02. The Bertz CT molecular complexity index is 708. The van der Waals surface area contributed by atoms with Crippen molar-refractivity contribution < 1.29 is 4.79 Å². The van der Waals surface area contributed by atoms with Crippen LogP contribution < -0.4 is 0 Å². The second kappa shape index (κ2) is 7.15. The molecule has 0 radical (unpaired) electrons. The number of carbonyl (C=O) groups excluding carboxylic acids is 1. The summed E-state index contributed by atoms with van der Waals surface area (Å²) in [5.74, 6) is -0.0333. The molecule has 1 N–H and O–H groups in total. The summed E-state index contributed by atoms with van der Waals surface area (Å²) in [5.41, 5.74) is 3.04. The van der Waals surface area contributed by atoms with Crippen LogP contribution in [-0.2, 0) is 6.54 Å². The highest BCUT2D eigenvalue weighted by Crippen LogP contribution is 2.25. The van der Waals surface area contributed by atoms with Gasteiger partial charge in [-0.1, -0.05) is 29.8 Å². The van der Waals surface area contributed by atoms with Gasteiger partial charge in [-0.15, -0.1) is 0 Å². The van der Waals surface area contributed by atoms with Crippen LogP contribution in [0.3, 0.4) is 0 Å². The van der Waals surface area contributed by atoms with Gasteiger partial charge in [-0.2, -0.15) is 5.10 Å². The number of aromatic nitrogens is 2. The molecule has 0 unspecified atom stereocenters. The maximum Gasteiger partial charge on any atom is 0.275 e. The normalized spacial score (nSPS) is 15.9. The van der Waals surface area contributed by atoms with Gasteiger partial charge < -0.3 is 4.90 Å². The molecular formula is C16H18Br2N4O. The zero-order valence-corrected chi connectivity index (χ0v) is 16.0. The fraction of sp³-hybridized carbons (Fsp3) is 0.375. The molecule has 2 heterocycles. The second-order valence-corrected chi connectivity index (χ2v) is 7.34. The molecular weight excluding hydrogens is 424 g/mol. The molecule has 0 saturated carbocycles. The monoisotopic (exact) mass is 440 g/mol. The summed E-state index contributed by atoms with van der Waals surface area (Å²) in [6, 6.07) is 8.58. The van der Waals surface area contributed by atoms with Gasteiger partial charge in [-0.05, 0) is 44.3 Å². The minimum absolute atomic E-state index is 0.0333. The van der Waals surface area contributed by atoms with Crippen molar-refractivity contribution in [1.29, 1.82) is 0 Å². The molecule has 1 aromatic heterocycles. The van der Waals surface area contributed by atoms with E-state index in [1.165, 1.54) is 11.1 Å². The number of nitrogens with zero attached hydrogens (tertiary/aromatic N) is 3. The maximum absolute atomic E-state index is 12.5. The molecule has 0 spiro atoms. The molecule has 23 heavy (non-hydrogen) atoms. The molecule has 1 amide bonds. The molecule has 1 aliphatic heterocycles. The quantitative estimate of drug-likeness (QED) is 0.795. The van der Waals surface area contributed by atoms with E-state index >= 15 is 0 Å². The van der Waals surface area contributed by atoms with Crippen molar-refractivity contribution >= 4 is 37.8 Å². The molecule has 3 rings (SSSR count). The van der Waals surface area contributed by atoms with E-state index < -0.39 is 0 Å².